The number of nitrogens with zero attached hydrogens (tertiary/aromatic N) is 2. The normalized spacial score (nSPS) is 24.7. The molecule has 3 heteroatoms. The SMILES string of the molecule is CC1=CCC[C@@H](C)[C@@H]1CNCCn1cccn1. The molecule has 1 heterocycles. The van der Waals surface area contributed by atoms with Gasteiger partial charge in [0, 0.05) is 25.5 Å². The van der Waals surface area contributed by atoms with Crippen LogP contribution in [0.3, 0.4) is 0 Å². The Morgan fingerprint density at radius 1 is 1.53 bits per heavy atom. The van der Waals surface area contributed by atoms with Gasteiger partial charge in [-0.2, -0.15) is 5.10 Å². The summed E-state index contributed by atoms with van der Waals surface area (Å²) in [6.07, 6.45) is 8.84. The van der Waals surface area contributed by atoms with E-state index in [-0.39, 0.29) is 0 Å². The molecule has 0 saturated heterocycles. The second-order valence-corrected chi connectivity index (χ2v) is 5.08. The molecule has 1 aromatic rings. The maximum Gasteiger partial charge on any atom is 0.0533 e. The highest BCUT2D eigenvalue weighted by Gasteiger charge is 2.21. The van der Waals surface area contributed by atoms with Crippen molar-refractivity contribution in [3.8, 4) is 0 Å². The van der Waals surface area contributed by atoms with E-state index < -0.39 is 0 Å². The Hall–Kier alpha value is -1.09. The van der Waals surface area contributed by atoms with E-state index in [0.29, 0.717) is 0 Å². The standard InChI is InChI=1S/C14H23N3/c1-12-5-3-6-13(2)14(12)11-15-8-10-17-9-4-7-16-17/h4-5,7,9,13-15H,3,6,8,10-11H2,1-2H3/t13-,14-/m1/s1. The summed E-state index contributed by atoms with van der Waals surface area (Å²) in [7, 11) is 0. The summed E-state index contributed by atoms with van der Waals surface area (Å²) in [6, 6.07) is 1.97. The van der Waals surface area contributed by atoms with Crippen LogP contribution in [-0.2, 0) is 6.54 Å². The van der Waals surface area contributed by atoms with Crippen LogP contribution in [0.15, 0.2) is 30.1 Å². The van der Waals surface area contributed by atoms with E-state index in [9.17, 15) is 0 Å². The molecule has 0 fully saturated rings. The Labute approximate surface area is 104 Å². The second kappa shape index (κ2) is 6.01. The summed E-state index contributed by atoms with van der Waals surface area (Å²) in [4.78, 5) is 0. The van der Waals surface area contributed by atoms with Crippen LogP contribution in [0, 0.1) is 11.8 Å². The van der Waals surface area contributed by atoms with Crippen LogP contribution in [0.2, 0.25) is 0 Å². The molecule has 1 aliphatic rings. The van der Waals surface area contributed by atoms with Crippen molar-refractivity contribution in [2.24, 2.45) is 11.8 Å². The van der Waals surface area contributed by atoms with Crippen molar-refractivity contribution in [3.63, 3.8) is 0 Å². The van der Waals surface area contributed by atoms with Crippen molar-refractivity contribution in [2.45, 2.75) is 33.2 Å². The van der Waals surface area contributed by atoms with Gasteiger partial charge in [0.2, 0.25) is 0 Å². The summed E-state index contributed by atoms with van der Waals surface area (Å²) in [6.45, 7) is 7.70. The molecule has 0 amide bonds. The van der Waals surface area contributed by atoms with Crippen LogP contribution < -0.4 is 5.32 Å². The first-order valence-corrected chi connectivity index (χ1v) is 6.62. The molecule has 0 unspecified atom stereocenters. The van der Waals surface area contributed by atoms with E-state index in [1.165, 1.54) is 12.8 Å². The molecule has 0 saturated carbocycles. The van der Waals surface area contributed by atoms with Crippen LogP contribution in [0.5, 0.6) is 0 Å². The van der Waals surface area contributed by atoms with Gasteiger partial charge >= 0.3 is 0 Å². The molecule has 17 heavy (non-hydrogen) atoms. The lowest BCUT2D eigenvalue weighted by Gasteiger charge is -2.29. The van der Waals surface area contributed by atoms with E-state index in [0.717, 1.165) is 31.5 Å². The molecular formula is C14H23N3. The summed E-state index contributed by atoms with van der Waals surface area (Å²) >= 11 is 0. The van der Waals surface area contributed by atoms with Gasteiger partial charge in [0.05, 0.1) is 6.54 Å². The summed E-state index contributed by atoms with van der Waals surface area (Å²) in [5.41, 5.74) is 1.57. The van der Waals surface area contributed by atoms with E-state index in [2.05, 4.69) is 30.3 Å². The molecule has 0 aliphatic heterocycles. The van der Waals surface area contributed by atoms with Crippen molar-refractivity contribution in [1.82, 2.24) is 15.1 Å². The van der Waals surface area contributed by atoms with Crippen LogP contribution in [-0.4, -0.2) is 22.9 Å². The van der Waals surface area contributed by atoms with Crippen LogP contribution in [0.4, 0.5) is 0 Å². The van der Waals surface area contributed by atoms with Crippen molar-refractivity contribution in [1.29, 1.82) is 0 Å². The zero-order chi connectivity index (χ0) is 12.1. The zero-order valence-corrected chi connectivity index (χ0v) is 10.9. The molecule has 1 aromatic heterocycles. The van der Waals surface area contributed by atoms with Gasteiger partial charge in [-0.25, -0.2) is 0 Å². The third-order valence-electron chi connectivity index (χ3n) is 3.80. The lowest BCUT2D eigenvalue weighted by Crippen LogP contribution is -2.31. The van der Waals surface area contributed by atoms with E-state index in [4.69, 9.17) is 0 Å². The predicted octanol–water partition coefficient (Wildman–Crippen LogP) is 2.47. The van der Waals surface area contributed by atoms with Gasteiger partial charge in [0.1, 0.15) is 0 Å². The van der Waals surface area contributed by atoms with Crippen molar-refractivity contribution in [2.75, 3.05) is 13.1 Å². The molecule has 2 rings (SSSR count). The molecule has 2 atom stereocenters. The van der Waals surface area contributed by atoms with Gasteiger partial charge in [-0.05, 0) is 37.7 Å². The average Bonchev–Trinajstić information content (AvgIpc) is 2.80. The third-order valence-corrected chi connectivity index (χ3v) is 3.80. The Kier molecular flexibility index (Phi) is 4.37. The fourth-order valence-corrected chi connectivity index (χ4v) is 2.62. The quantitative estimate of drug-likeness (QED) is 0.625. The van der Waals surface area contributed by atoms with Crippen LogP contribution in [0.25, 0.3) is 0 Å². The van der Waals surface area contributed by atoms with Crippen LogP contribution >= 0.6 is 0 Å². The van der Waals surface area contributed by atoms with Gasteiger partial charge in [0.25, 0.3) is 0 Å². The second-order valence-electron chi connectivity index (χ2n) is 5.08. The fourth-order valence-electron chi connectivity index (χ4n) is 2.62. The maximum atomic E-state index is 4.20. The molecule has 0 aromatic carbocycles. The first-order valence-electron chi connectivity index (χ1n) is 6.62. The van der Waals surface area contributed by atoms with Gasteiger partial charge in [-0.15, -0.1) is 0 Å². The topological polar surface area (TPSA) is 29.9 Å². The zero-order valence-electron chi connectivity index (χ0n) is 10.9. The predicted molar refractivity (Wildman–Crippen MR) is 70.7 cm³/mol. The molecule has 1 aliphatic carbocycles. The highest BCUT2D eigenvalue weighted by Crippen LogP contribution is 2.29. The summed E-state index contributed by atoms with van der Waals surface area (Å²) in [5, 5.41) is 7.75. The number of rotatable bonds is 5. The largest absolute Gasteiger partial charge is 0.314 e. The summed E-state index contributed by atoms with van der Waals surface area (Å²) < 4.78 is 1.97. The fraction of sp³-hybridized carbons (Fsp3) is 0.643. The number of hydrogen-bond acceptors (Lipinski definition) is 2. The monoisotopic (exact) mass is 233 g/mol. The molecule has 1 N–H and O–H groups in total. The first kappa shape index (κ1) is 12.4. The minimum atomic E-state index is 0.723. The highest BCUT2D eigenvalue weighted by atomic mass is 15.3. The Morgan fingerprint density at radius 3 is 3.12 bits per heavy atom. The Morgan fingerprint density at radius 2 is 2.41 bits per heavy atom. The molecule has 94 valence electrons. The molecule has 0 spiro atoms. The van der Waals surface area contributed by atoms with E-state index >= 15 is 0 Å². The molecule has 0 bridgehead atoms. The average molecular weight is 233 g/mol. The minimum absolute atomic E-state index is 0.723. The molecule has 0 radical (unpaired) electrons. The van der Waals surface area contributed by atoms with Crippen LogP contribution in [0.1, 0.15) is 26.7 Å². The summed E-state index contributed by atoms with van der Waals surface area (Å²) in [5.74, 6) is 1.54. The van der Waals surface area contributed by atoms with Crippen molar-refractivity contribution in [3.05, 3.63) is 30.1 Å². The third kappa shape index (κ3) is 3.43. The van der Waals surface area contributed by atoms with Gasteiger partial charge in [0.15, 0.2) is 0 Å². The van der Waals surface area contributed by atoms with Gasteiger partial charge in [-0.3, -0.25) is 4.68 Å². The van der Waals surface area contributed by atoms with Gasteiger partial charge < -0.3 is 5.32 Å². The van der Waals surface area contributed by atoms with Gasteiger partial charge in [-0.1, -0.05) is 18.6 Å². The highest BCUT2D eigenvalue weighted by molar-refractivity contribution is 5.09. The molecular weight excluding hydrogens is 210 g/mol. The van der Waals surface area contributed by atoms with E-state index in [1.54, 1.807) is 5.57 Å². The first-order chi connectivity index (χ1) is 8.27. The Bertz CT molecular complexity index is 354. The lowest BCUT2D eigenvalue weighted by molar-refractivity contribution is 0.347. The number of aromatic nitrogens is 2. The lowest BCUT2D eigenvalue weighted by atomic mass is 9.80. The minimum Gasteiger partial charge on any atom is -0.314 e. The number of allylic oxidation sites excluding steroid dienone is 1. The molecule has 3 nitrogen and oxygen atoms in total. The maximum absolute atomic E-state index is 4.20. The number of nitrogens with one attached hydrogen (secondary N) is 1. The van der Waals surface area contributed by atoms with Crippen molar-refractivity contribution >= 4 is 0 Å². The number of hydrogen-bond donors (Lipinski definition) is 1. The van der Waals surface area contributed by atoms with E-state index in [1.807, 2.05) is 23.1 Å². The Balaban J connectivity index is 1.71. The van der Waals surface area contributed by atoms with Crippen molar-refractivity contribution < 1.29 is 0 Å². The smallest absolute Gasteiger partial charge is 0.0533 e.